The highest BCUT2D eigenvalue weighted by atomic mass is 19.1. The number of rotatable bonds is 3. The molecule has 0 aromatic heterocycles. The van der Waals surface area contributed by atoms with Crippen LogP contribution in [-0.4, -0.2) is 25.0 Å². The van der Waals surface area contributed by atoms with E-state index in [0.717, 1.165) is 30.6 Å². The summed E-state index contributed by atoms with van der Waals surface area (Å²) in [6, 6.07) is 7.60. The molecule has 0 amide bonds. The average Bonchev–Trinajstić information content (AvgIpc) is 2.77. The first kappa shape index (κ1) is 12.5. The third kappa shape index (κ3) is 2.50. The molecule has 2 rings (SSSR count). The highest BCUT2D eigenvalue weighted by molar-refractivity contribution is 5.27. The largest absolute Gasteiger partial charge is 0.326 e. The van der Waals surface area contributed by atoms with E-state index in [-0.39, 0.29) is 5.92 Å². The van der Waals surface area contributed by atoms with Crippen LogP contribution in [0.25, 0.3) is 0 Å². The first-order valence-corrected chi connectivity index (χ1v) is 6.21. The quantitative estimate of drug-likeness (QED) is 0.872. The fourth-order valence-electron chi connectivity index (χ4n) is 2.58. The van der Waals surface area contributed by atoms with Crippen LogP contribution in [0.15, 0.2) is 24.3 Å². The number of nitrogens with two attached hydrogens (primary N) is 1. The van der Waals surface area contributed by atoms with E-state index in [0.29, 0.717) is 6.54 Å². The number of alkyl halides is 1. The van der Waals surface area contributed by atoms with Crippen molar-refractivity contribution < 1.29 is 4.39 Å². The molecule has 0 spiro atoms. The third-order valence-corrected chi connectivity index (χ3v) is 3.91. The van der Waals surface area contributed by atoms with Crippen LogP contribution in [0.5, 0.6) is 0 Å². The Hall–Kier alpha value is -0.930. The van der Waals surface area contributed by atoms with Crippen molar-refractivity contribution >= 4 is 0 Å². The maximum atomic E-state index is 14.9. The molecule has 2 nitrogen and oxygen atoms in total. The van der Waals surface area contributed by atoms with Crippen LogP contribution in [0, 0.1) is 5.92 Å². The van der Waals surface area contributed by atoms with Gasteiger partial charge in [0.05, 0.1) is 0 Å². The van der Waals surface area contributed by atoms with Gasteiger partial charge < -0.3 is 10.6 Å². The van der Waals surface area contributed by atoms with Crippen molar-refractivity contribution in [3.63, 3.8) is 0 Å². The Kier molecular flexibility index (Phi) is 3.50. The predicted molar refractivity (Wildman–Crippen MR) is 68.4 cm³/mol. The lowest BCUT2D eigenvalue weighted by atomic mass is 9.83. The minimum atomic E-state index is -1.24. The molecule has 2 N–H and O–H groups in total. The molecule has 3 heteroatoms. The lowest BCUT2D eigenvalue weighted by molar-refractivity contribution is 0.106. The monoisotopic (exact) mass is 236 g/mol. The second kappa shape index (κ2) is 4.75. The highest BCUT2D eigenvalue weighted by Gasteiger charge is 2.39. The molecular formula is C14H21FN2. The Morgan fingerprint density at radius 3 is 2.53 bits per heavy atom. The zero-order valence-corrected chi connectivity index (χ0v) is 10.6. The fourth-order valence-corrected chi connectivity index (χ4v) is 2.58. The van der Waals surface area contributed by atoms with Gasteiger partial charge in [-0.3, -0.25) is 0 Å². The Morgan fingerprint density at radius 1 is 1.41 bits per heavy atom. The standard InChI is InChI=1S/C14H21FN2/c1-14(15,13-7-8-17(2)10-13)12-5-3-11(9-16)4-6-12/h3-6,13H,7-10,16H2,1-2H3. The highest BCUT2D eigenvalue weighted by Crippen LogP contribution is 2.38. The van der Waals surface area contributed by atoms with Crippen molar-refractivity contribution in [1.29, 1.82) is 0 Å². The summed E-state index contributed by atoms with van der Waals surface area (Å²) in [5, 5.41) is 0. The normalized spacial score (nSPS) is 24.8. The van der Waals surface area contributed by atoms with Crippen LogP contribution in [0.2, 0.25) is 0 Å². The molecule has 2 unspecified atom stereocenters. The van der Waals surface area contributed by atoms with E-state index in [1.807, 2.05) is 31.3 Å². The second-order valence-electron chi connectivity index (χ2n) is 5.22. The summed E-state index contributed by atoms with van der Waals surface area (Å²) in [6.07, 6.45) is 0.933. The fraction of sp³-hybridized carbons (Fsp3) is 0.571. The van der Waals surface area contributed by atoms with Crippen LogP contribution in [0.3, 0.4) is 0 Å². The van der Waals surface area contributed by atoms with E-state index < -0.39 is 5.67 Å². The molecule has 17 heavy (non-hydrogen) atoms. The van der Waals surface area contributed by atoms with Crippen molar-refractivity contribution in [2.75, 3.05) is 20.1 Å². The van der Waals surface area contributed by atoms with Gasteiger partial charge in [0.25, 0.3) is 0 Å². The Labute approximate surface area is 103 Å². The predicted octanol–water partition coefficient (Wildman–Crippen LogP) is 2.28. The number of halogens is 1. The van der Waals surface area contributed by atoms with Gasteiger partial charge >= 0.3 is 0 Å². The van der Waals surface area contributed by atoms with Gasteiger partial charge in [0.2, 0.25) is 0 Å². The van der Waals surface area contributed by atoms with Crippen LogP contribution in [-0.2, 0) is 12.2 Å². The van der Waals surface area contributed by atoms with E-state index in [1.165, 1.54) is 0 Å². The smallest absolute Gasteiger partial charge is 0.137 e. The summed E-state index contributed by atoms with van der Waals surface area (Å²) in [5.74, 6) is 0.0937. The molecule has 0 aliphatic carbocycles. The topological polar surface area (TPSA) is 29.3 Å². The van der Waals surface area contributed by atoms with Gasteiger partial charge in [-0.15, -0.1) is 0 Å². The minimum Gasteiger partial charge on any atom is -0.326 e. The van der Waals surface area contributed by atoms with Crippen molar-refractivity contribution in [2.45, 2.75) is 25.6 Å². The maximum absolute atomic E-state index is 14.9. The van der Waals surface area contributed by atoms with E-state index in [4.69, 9.17) is 5.73 Å². The lowest BCUT2D eigenvalue weighted by Crippen LogP contribution is -2.29. The summed E-state index contributed by atoms with van der Waals surface area (Å²) in [7, 11) is 2.05. The first-order chi connectivity index (χ1) is 8.04. The van der Waals surface area contributed by atoms with Gasteiger partial charge in [-0.2, -0.15) is 0 Å². The van der Waals surface area contributed by atoms with Gasteiger partial charge in [-0.25, -0.2) is 4.39 Å². The molecule has 0 radical (unpaired) electrons. The zero-order chi connectivity index (χ0) is 12.5. The number of nitrogens with zero attached hydrogens (tertiary/aromatic N) is 1. The van der Waals surface area contributed by atoms with E-state index in [2.05, 4.69) is 4.90 Å². The number of likely N-dealkylation sites (tertiary alicyclic amines) is 1. The molecule has 1 heterocycles. The van der Waals surface area contributed by atoms with Crippen molar-refractivity contribution in [3.8, 4) is 0 Å². The molecule has 0 saturated carbocycles. The molecule has 1 aromatic rings. The third-order valence-electron chi connectivity index (χ3n) is 3.91. The lowest BCUT2D eigenvalue weighted by Gasteiger charge is -2.28. The average molecular weight is 236 g/mol. The second-order valence-corrected chi connectivity index (χ2v) is 5.22. The first-order valence-electron chi connectivity index (χ1n) is 6.21. The summed E-state index contributed by atoms with van der Waals surface area (Å²) in [4.78, 5) is 2.19. The zero-order valence-electron chi connectivity index (χ0n) is 10.6. The number of hydrogen-bond donors (Lipinski definition) is 1. The van der Waals surface area contributed by atoms with Crippen molar-refractivity contribution in [2.24, 2.45) is 11.7 Å². The van der Waals surface area contributed by atoms with Crippen LogP contribution >= 0.6 is 0 Å². The van der Waals surface area contributed by atoms with Crippen molar-refractivity contribution in [1.82, 2.24) is 4.90 Å². The van der Waals surface area contributed by atoms with E-state index in [9.17, 15) is 4.39 Å². The van der Waals surface area contributed by atoms with Crippen LogP contribution in [0.1, 0.15) is 24.5 Å². The number of benzene rings is 1. The molecule has 2 atom stereocenters. The molecular weight excluding hydrogens is 215 g/mol. The van der Waals surface area contributed by atoms with E-state index >= 15 is 0 Å². The number of hydrogen-bond acceptors (Lipinski definition) is 2. The van der Waals surface area contributed by atoms with E-state index in [1.54, 1.807) is 6.92 Å². The Balaban J connectivity index is 2.18. The van der Waals surface area contributed by atoms with Gasteiger partial charge in [0.15, 0.2) is 0 Å². The molecule has 1 aliphatic heterocycles. The van der Waals surface area contributed by atoms with Gasteiger partial charge in [0, 0.05) is 19.0 Å². The Morgan fingerprint density at radius 2 is 2.06 bits per heavy atom. The van der Waals surface area contributed by atoms with Crippen LogP contribution in [0.4, 0.5) is 4.39 Å². The summed E-state index contributed by atoms with van der Waals surface area (Å²) >= 11 is 0. The minimum absolute atomic E-state index is 0.0937. The van der Waals surface area contributed by atoms with Gasteiger partial charge in [0.1, 0.15) is 5.67 Å². The van der Waals surface area contributed by atoms with Gasteiger partial charge in [-0.1, -0.05) is 24.3 Å². The van der Waals surface area contributed by atoms with Crippen LogP contribution < -0.4 is 5.73 Å². The SMILES string of the molecule is CN1CCC(C(C)(F)c2ccc(CN)cc2)C1. The molecule has 1 aromatic carbocycles. The van der Waals surface area contributed by atoms with Crippen molar-refractivity contribution in [3.05, 3.63) is 35.4 Å². The summed E-state index contributed by atoms with van der Waals surface area (Å²) < 4.78 is 14.9. The summed E-state index contributed by atoms with van der Waals surface area (Å²) in [6.45, 7) is 4.04. The molecule has 0 bridgehead atoms. The molecule has 1 fully saturated rings. The Bertz CT molecular complexity index is 372. The molecule has 1 saturated heterocycles. The summed E-state index contributed by atoms with van der Waals surface area (Å²) in [5.41, 5.74) is 6.13. The van der Waals surface area contributed by atoms with Gasteiger partial charge in [-0.05, 0) is 38.1 Å². The maximum Gasteiger partial charge on any atom is 0.137 e. The molecule has 94 valence electrons. The molecule has 1 aliphatic rings.